The third kappa shape index (κ3) is 2.43. The van der Waals surface area contributed by atoms with Crippen molar-refractivity contribution in [2.45, 2.75) is 20.0 Å². The van der Waals surface area contributed by atoms with E-state index >= 15 is 0 Å². The van der Waals surface area contributed by atoms with Crippen molar-refractivity contribution in [3.63, 3.8) is 0 Å². The number of ketones is 1. The molecule has 0 fully saturated rings. The molecule has 0 aromatic heterocycles. The lowest BCUT2D eigenvalue weighted by molar-refractivity contribution is 0.0975. The van der Waals surface area contributed by atoms with Crippen LogP contribution < -0.4 is 9.47 Å². The molecule has 0 amide bonds. The molecule has 0 saturated heterocycles. The predicted octanol–water partition coefficient (Wildman–Crippen LogP) is 2.52. The van der Waals surface area contributed by atoms with Gasteiger partial charge in [-0.15, -0.1) is 0 Å². The average Bonchev–Trinajstić information content (AvgIpc) is 2.38. The summed E-state index contributed by atoms with van der Waals surface area (Å²) in [7, 11) is 1.51. The van der Waals surface area contributed by atoms with E-state index in [1.807, 2.05) is 19.9 Å². The summed E-state index contributed by atoms with van der Waals surface area (Å²) in [5, 5.41) is 8.87. The van der Waals surface area contributed by atoms with Crippen LogP contribution in [0.3, 0.4) is 0 Å². The van der Waals surface area contributed by atoms with Gasteiger partial charge in [0.15, 0.2) is 17.3 Å². The Hall–Kier alpha value is -2.35. The van der Waals surface area contributed by atoms with Crippen molar-refractivity contribution >= 4 is 17.7 Å². The standard InChI is InChI=1S/C14H14N2O3/c1-8(2)19-13-5-11-10(4-12(13)18-3)14(17)9(6-15)7-16-11/h4-5,7-9H,1-3H3/t9-/m0/s1. The minimum absolute atomic E-state index is 0.0120. The highest BCUT2D eigenvalue weighted by molar-refractivity contribution is 6.14. The molecule has 0 bridgehead atoms. The fourth-order valence-corrected chi connectivity index (χ4v) is 1.84. The number of carbonyl (C=O) groups is 1. The van der Waals surface area contributed by atoms with Crippen molar-refractivity contribution in [1.82, 2.24) is 0 Å². The predicted molar refractivity (Wildman–Crippen MR) is 70.3 cm³/mol. The SMILES string of the molecule is COc1cc2c(cc1OC(C)C)N=C[C@H](C#N)C2=O. The van der Waals surface area contributed by atoms with E-state index in [-0.39, 0.29) is 11.9 Å². The molecule has 0 N–H and O–H groups in total. The second-order valence-corrected chi connectivity index (χ2v) is 4.44. The second-order valence-electron chi connectivity index (χ2n) is 4.44. The maximum absolute atomic E-state index is 12.0. The van der Waals surface area contributed by atoms with Crippen molar-refractivity contribution in [1.29, 1.82) is 5.26 Å². The van der Waals surface area contributed by atoms with Gasteiger partial charge in [-0.25, -0.2) is 0 Å². The van der Waals surface area contributed by atoms with Crippen LogP contribution in [-0.4, -0.2) is 25.2 Å². The zero-order chi connectivity index (χ0) is 14.0. The smallest absolute Gasteiger partial charge is 0.187 e. The number of hydrogen-bond donors (Lipinski definition) is 0. The molecule has 1 heterocycles. The summed E-state index contributed by atoms with van der Waals surface area (Å²) in [6, 6.07) is 5.15. The summed E-state index contributed by atoms with van der Waals surface area (Å²) >= 11 is 0. The van der Waals surface area contributed by atoms with Crippen molar-refractivity contribution in [3.05, 3.63) is 17.7 Å². The Morgan fingerprint density at radius 3 is 2.68 bits per heavy atom. The van der Waals surface area contributed by atoms with E-state index in [9.17, 15) is 4.79 Å². The van der Waals surface area contributed by atoms with Gasteiger partial charge in [0.2, 0.25) is 0 Å². The van der Waals surface area contributed by atoms with E-state index < -0.39 is 5.92 Å². The molecule has 0 unspecified atom stereocenters. The molecule has 2 rings (SSSR count). The first-order valence-electron chi connectivity index (χ1n) is 5.93. The summed E-state index contributed by atoms with van der Waals surface area (Å²) < 4.78 is 10.8. The number of aliphatic imine (C=N–C) groups is 1. The first-order valence-corrected chi connectivity index (χ1v) is 5.93. The number of ether oxygens (including phenoxy) is 2. The Labute approximate surface area is 111 Å². The van der Waals surface area contributed by atoms with Crippen LogP contribution in [0.4, 0.5) is 5.69 Å². The van der Waals surface area contributed by atoms with Crippen LogP contribution in [0.1, 0.15) is 24.2 Å². The third-order valence-corrected chi connectivity index (χ3v) is 2.69. The molecular formula is C14H14N2O3. The number of rotatable bonds is 3. The van der Waals surface area contributed by atoms with Crippen LogP contribution in [0.25, 0.3) is 0 Å². The van der Waals surface area contributed by atoms with Crippen molar-refractivity contribution in [3.8, 4) is 17.6 Å². The normalized spacial score (nSPS) is 17.0. The first-order chi connectivity index (χ1) is 9.06. The highest BCUT2D eigenvalue weighted by atomic mass is 16.5. The number of methoxy groups -OCH3 is 1. The van der Waals surface area contributed by atoms with E-state index in [0.717, 1.165) is 0 Å². The molecule has 0 radical (unpaired) electrons. The third-order valence-electron chi connectivity index (χ3n) is 2.69. The Bertz CT molecular complexity index is 585. The lowest BCUT2D eigenvalue weighted by Crippen LogP contribution is -2.18. The highest BCUT2D eigenvalue weighted by Gasteiger charge is 2.26. The Morgan fingerprint density at radius 2 is 2.11 bits per heavy atom. The highest BCUT2D eigenvalue weighted by Crippen LogP contribution is 2.38. The van der Waals surface area contributed by atoms with Gasteiger partial charge in [-0.05, 0) is 19.9 Å². The maximum Gasteiger partial charge on any atom is 0.187 e. The Kier molecular flexibility index (Phi) is 3.52. The molecule has 0 aliphatic carbocycles. The number of benzene rings is 1. The minimum Gasteiger partial charge on any atom is -0.493 e. The number of fused-ring (bicyclic) bond motifs is 1. The molecular weight excluding hydrogens is 244 g/mol. The van der Waals surface area contributed by atoms with Gasteiger partial charge in [-0.2, -0.15) is 5.26 Å². The molecule has 1 atom stereocenters. The fourth-order valence-electron chi connectivity index (χ4n) is 1.84. The number of hydrogen-bond acceptors (Lipinski definition) is 5. The van der Waals surface area contributed by atoms with E-state index in [1.54, 1.807) is 12.1 Å². The second kappa shape index (κ2) is 5.11. The topological polar surface area (TPSA) is 71.7 Å². The van der Waals surface area contributed by atoms with Crippen LogP contribution >= 0.6 is 0 Å². The van der Waals surface area contributed by atoms with Gasteiger partial charge < -0.3 is 9.47 Å². The van der Waals surface area contributed by atoms with E-state index in [4.69, 9.17) is 14.7 Å². The van der Waals surface area contributed by atoms with Crippen molar-refractivity contribution < 1.29 is 14.3 Å². The minimum atomic E-state index is -0.825. The summed E-state index contributed by atoms with van der Waals surface area (Å²) in [5.41, 5.74) is 0.898. The summed E-state index contributed by atoms with van der Waals surface area (Å²) in [4.78, 5) is 16.2. The van der Waals surface area contributed by atoms with Gasteiger partial charge >= 0.3 is 0 Å². The van der Waals surface area contributed by atoms with Crippen LogP contribution in [0, 0.1) is 17.2 Å². The molecule has 98 valence electrons. The van der Waals surface area contributed by atoms with Gasteiger partial charge in [-0.1, -0.05) is 0 Å². The fraction of sp³-hybridized carbons (Fsp3) is 0.357. The summed E-state index contributed by atoms with van der Waals surface area (Å²) in [6.07, 6.45) is 1.35. The number of nitrogens with zero attached hydrogens (tertiary/aromatic N) is 2. The molecule has 1 aliphatic rings. The van der Waals surface area contributed by atoms with Gasteiger partial charge in [0.1, 0.15) is 5.92 Å². The number of Topliss-reactive ketones (excluding diaryl/α,β-unsaturated/α-hetero) is 1. The van der Waals surface area contributed by atoms with Gasteiger partial charge in [0.25, 0.3) is 0 Å². The zero-order valence-electron chi connectivity index (χ0n) is 11.0. The molecule has 19 heavy (non-hydrogen) atoms. The lowest BCUT2D eigenvalue weighted by atomic mass is 9.95. The Morgan fingerprint density at radius 1 is 1.37 bits per heavy atom. The van der Waals surface area contributed by atoms with E-state index in [2.05, 4.69) is 4.99 Å². The number of nitriles is 1. The van der Waals surface area contributed by atoms with E-state index in [1.165, 1.54) is 13.3 Å². The van der Waals surface area contributed by atoms with Gasteiger partial charge in [-0.3, -0.25) is 9.79 Å². The Balaban J connectivity index is 2.50. The molecule has 5 nitrogen and oxygen atoms in total. The van der Waals surface area contributed by atoms with Crippen LogP contribution in [0.5, 0.6) is 11.5 Å². The van der Waals surface area contributed by atoms with Gasteiger partial charge in [0.05, 0.1) is 25.0 Å². The van der Waals surface area contributed by atoms with Crippen LogP contribution in [0.2, 0.25) is 0 Å². The van der Waals surface area contributed by atoms with Gasteiger partial charge in [0, 0.05) is 17.8 Å². The lowest BCUT2D eigenvalue weighted by Gasteiger charge is -2.18. The summed E-state index contributed by atoms with van der Waals surface area (Å²) in [6.45, 7) is 3.80. The van der Waals surface area contributed by atoms with Crippen molar-refractivity contribution in [2.75, 3.05) is 7.11 Å². The van der Waals surface area contributed by atoms with Crippen LogP contribution in [0.15, 0.2) is 17.1 Å². The van der Waals surface area contributed by atoms with E-state index in [0.29, 0.717) is 22.7 Å². The zero-order valence-corrected chi connectivity index (χ0v) is 11.0. The molecule has 0 spiro atoms. The quantitative estimate of drug-likeness (QED) is 0.835. The van der Waals surface area contributed by atoms with Crippen molar-refractivity contribution in [2.24, 2.45) is 10.9 Å². The average molecular weight is 258 g/mol. The largest absolute Gasteiger partial charge is 0.493 e. The number of carbonyl (C=O) groups excluding carboxylic acids is 1. The molecule has 5 heteroatoms. The monoisotopic (exact) mass is 258 g/mol. The first kappa shape index (κ1) is 13.1. The molecule has 1 aromatic rings. The maximum atomic E-state index is 12.0. The summed E-state index contributed by atoms with van der Waals surface area (Å²) in [5.74, 6) is -0.0813. The molecule has 1 aromatic carbocycles. The van der Waals surface area contributed by atoms with Crippen LogP contribution in [-0.2, 0) is 0 Å². The molecule has 0 saturated carbocycles. The molecule has 1 aliphatic heterocycles.